The van der Waals surface area contributed by atoms with Gasteiger partial charge in [0.1, 0.15) is 11.9 Å². The van der Waals surface area contributed by atoms with E-state index in [9.17, 15) is 14.4 Å². The van der Waals surface area contributed by atoms with Gasteiger partial charge >= 0.3 is 0 Å². The van der Waals surface area contributed by atoms with Crippen LogP contribution >= 0.6 is 0 Å². The summed E-state index contributed by atoms with van der Waals surface area (Å²) in [7, 11) is 0. The highest BCUT2D eigenvalue weighted by molar-refractivity contribution is 6.38. The van der Waals surface area contributed by atoms with Crippen LogP contribution in [0.3, 0.4) is 0 Å². The number of rotatable bonds is 10. The molecule has 3 heterocycles. The number of amidine groups is 1. The van der Waals surface area contributed by atoms with E-state index in [2.05, 4.69) is 51.9 Å². The van der Waals surface area contributed by atoms with Crippen molar-refractivity contribution in [3.8, 4) is 0 Å². The first kappa shape index (κ1) is 31.3. The molecule has 1 aliphatic carbocycles. The van der Waals surface area contributed by atoms with Crippen molar-refractivity contribution >= 4 is 35.2 Å². The second kappa shape index (κ2) is 12.7. The second-order valence-corrected chi connectivity index (χ2v) is 12.0. The highest BCUT2D eigenvalue weighted by Gasteiger charge is 2.50. The normalized spacial score (nSPS) is 20.3. The first-order valence-electron chi connectivity index (χ1n) is 14.3. The number of H-pyrrole nitrogens is 1. The topological polar surface area (TPSA) is 179 Å². The van der Waals surface area contributed by atoms with Crippen molar-refractivity contribution in [2.45, 2.75) is 85.2 Å². The molecule has 0 saturated heterocycles. The molecule has 2 aromatic heterocycles. The summed E-state index contributed by atoms with van der Waals surface area (Å²) < 4.78 is 0. The van der Waals surface area contributed by atoms with Gasteiger partial charge in [0, 0.05) is 42.0 Å². The summed E-state index contributed by atoms with van der Waals surface area (Å²) in [6.45, 7) is 13.2. The van der Waals surface area contributed by atoms with Crippen molar-refractivity contribution in [1.29, 1.82) is 0 Å². The van der Waals surface area contributed by atoms with Gasteiger partial charge in [-0.25, -0.2) is 4.98 Å². The van der Waals surface area contributed by atoms with E-state index in [0.29, 0.717) is 30.8 Å². The maximum Gasteiger partial charge on any atom is 0.290 e. The molecule has 2 amide bonds. The minimum Gasteiger partial charge on any atom is -0.378 e. The van der Waals surface area contributed by atoms with E-state index >= 15 is 0 Å². The van der Waals surface area contributed by atoms with Crippen molar-refractivity contribution in [3.05, 3.63) is 59.1 Å². The van der Waals surface area contributed by atoms with Gasteiger partial charge in [0.15, 0.2) is 11.6 Å². The number of carbonyl (C=O) groups is 3. The number of aromatic nitrogens is 5. The first-order valence-corrected chi connectivity index (χ1v) is 14.3. The molecule has 5 N–H and O–H groups in total. The average molecular weight is 589 g/mol. The molecule has 0 fully saturated rings. The molecular weight excluding hydrogens is 548 g/mol. The predicted octanol–water partition coefficient (Wildman–Crippen LogP) is 3.12. The predicted molar refractivity (Wildman–Crippen MR) is 163 cm³/mol. The van der Waals surface area contributed by atoms with Gasteiger partial charge in [0.25, 0.3) is 5.95 Å². The molecule has 3 atom stereocenters. The van der Waals surface area contributed by atoms with Crippen LogP contribution in [0.5, 0.6) is 0 Å². The monoisotopic (exact) mass is 588 g/mol. The quantitative estimate of drug-likeness (QED) is 0.206. The number of hydrogen-bond acceptors (Lipinski definition) is 9. The van der Waals surface area contributed by atoms with E-state index in [0.717, 1.165) is 16.7 Å². The van der Waals surface area contributed by atoms with Crippen LogP contribution in [-0.2, 0) is 19.8 Å². The molecule has 3 unspecified atom stereocenters. The molecule has 13 nitrogen and oxygen atoms in total. The molecule has 0 bridgehead atoms. The molecule has 2 aliphatic rings. The van der Waals surface area contributed by atoms with Crippen molar-refractivity contribution in [3.63, 3.8) is 0 Å². The van der Waals surface area contributed by atoms with E-state index < -0.39 is 16.9 Å². The Morgan fingerprint density at radius 2 is 2.02 bits per heavy atom. The number of Topliss-reactive ketones (excluding diaryl/α,β-unsaturated/α-hetero) is 1. The number of tetrazole rings is 1. The lowest BCUT2D eigenvalue weighted by Gasteiger charge is -2.26. The SMILES string of the molecule is CCC(N/C=C(\N/C(=N\c1nn[nH]n1)C(C)=O)C(C)(C)C)C(=O)NC(C)/C=C\C1=C(C)CC2(C1)C(=O)Nc1ncccc12. The summed E-state index contributed by atoms with van der Waals surface area (Å²) in [5.41, 5.74) is 2.79. The van der Waals surface area contributed by atoms with Crippen molar-refractivity contribution < 1.29 is 14.4 Å². The Hall–Kier alpha value is -4.68. The lowest BCUT2D eigenvalue weighted by atomic mass is 9.78. The van der Waals surface area contributed by atoms with Crippen LogP contribution in [0.15, 0.2) is 58.5 Å². The average Bonchev–Trinajstić information content (AvgIpc) is 3.64. The summed E-state index contributed by atoms with van der Waals surface area (Å²) in [5.74, 6) is 0.224. The van der Waals surface area contributed by atoms with Crippen LogP contribution in [0.25, 0.3) is 0 Å². The Bertz CT molecular complexity index is 1500. The maximum absolute atomic E-state index is 13.2. The van der Waals surface area contributed by atoms with Gasteiger partial charge in [-0.2, -0.15) is 10.2 Å². The molecule has 43 heavy (non-hydrogen) atoms. The van der Waals surface area contributed by atoms with Crippen LogP contribution in [0.2, 0.25) is 0 Å². The van der Waals surface area contributed by atoms with Gasteiger partial charge < -0.3 is 21.3 Å². The van der Waals surface area contributed by atoms with E-state index in [4.69, 9.17) is 0 Å². The third-order valence-corrected chi connectivity index (χ3v) is 7.65. The molecule has 1 aliphatic heterocycles. The molecule has 13 heteroatoms. The number of nitrogens with one attached hydrogen (secondary N) is 5. The molecular formula is C30H40N10O3. The number of fused-ring (bicyclic) bond motifs is 2. The number of hydrogen-bond donors (Lipinski definition) is 5. The highest BCUT2D eigenvalue weighted by Crippen LogP contribution is 2.50. The van der Waals surface area contributed by atoms with Crippen LogP contribution in [-0.4, -0.2) is 61.1 Å². The smallest absolute Gasteiger partial charge is 0.290 e. The first-order chi connectivity index (χ1) is 20.3. The van der Waals surface area contributed by atoms with Crippen molar-refractivity contribution in [1.82, 2.24) is 41.6 Å². The molecule has 4 rings (SSSR count). The van der Waals surface area contributed by atoms with Gasteiger partial charge in [-0.05, 0) is 50.0 Å². The molecule has 2 aromatic rings. The number of aromatic amines is 1. The molecule has 228 valence electrons. The minimum atomic E-state index is -0.624. The van der Waals surface area contributed by atoms with E-state index in [1.165, 1.54) is 6.92 Å². The number of amides is 2. The Morgan fingerprint density at radius 3 is 2.67 bits per heavy atom. The van der Waals surface area contributed by atoms with Gasteiger partial charge in [-0.15, -0.1) is 5.10 Å². The number of aliphatic imine (C=N–C) groups is 1. The fraction of sp³-hybridized carbons (Fsp3) is 0.467. The van der Waals surface area contributed by atoms with Crippen LogP contribution in [0.1, 0.15) is 73.3 Å². The molecule has 0 radical (unpaired) electrons. The van der Waals surface area contributed by atoms with Crippen LogP contribution in [0, 0.1) is 5.41 Å². The summed E-state index contributed by atoms with van der Waals surface area (Å²) in [5, 5.41) is 25.6. The van der Waals surface area contributed by atoms with Gasteiger partial charge in [0.2, 0.25) is 11.8 Å². The summed E-state index contributed by atoms with van der Waals surface area (Å²) >= 11 is 0. The fourth-order valence-corrected chi connectivity index (χ4v) is 5.16. The summed E-state index contributed by atoms with van der Waals surface area (Å²) in [6, 6.07) is 3.06. The van der Waals surface area contributed by atoms with Crippen molar-refractivity contribution in [2.75, 3.05) is 5.32 Å². The van der Waals surface area contributed by atoms with Crippen molar-refractivity contribution in [2.24, 2.45) is 10.4 Å². The lowest BCUT2D eigenvalue weighted by molar-refractivity contribution is -0.123. The zero-order valence-corrected chi connectivity index (χ0v) is 25.7. The van der Waals surface area contributed by atoms with Gasteiger partial charge in [0.05, 0.1) is 5.41 Å². The third kappa shape index (κ3) is 7.04. The highest BCUT2D eigenvalue weighted by atomic mass is 16.2. The largest absolute Gasteiger partial charge is 0.378 e. The lowest BCUT2D eigenvalue weighted by Crippen LogP contribution is -2.45. The Labute approximate surface area is 251 Å². The number of ketones is 1. The number of anilines is 1. The van der Waals surface area contributed by atoms with Crippen LogP contribution in [0.4, 0.5) is 11.8 Å². The van der Waals surface area contributed by atoms with Gasteiger partial charge in [-0.3, -0.25) is 14.4 Å². The second-order valence-electron chi connectivity index (χ2n) is 12.0. The zero-order valence-electron chi connectivity index (χ0n) is 25.7. The summed E-state index contributed by atoms with van der Waals surface area (Å²) in [4.78, 5) is 46.9. The zero-order chi connectivity index (χ0) is 31.4. The number of carbonyl (C=O) groups excluding carboxylic acids is 3. The minimum absolute atomic E-state index is 0.0177. The molecule has 0 aromatic carbocycles. The van der Waals surface area contributed by atoms with E-state index in [1.807, 2.05) is 65.8 Å². The Balaban J connectivity index is 1.40. The third-order valence-electron chi connectivity index (χ3n) is 7.65. The molecule has 0 saturated carbocycles. The standard InChI is InChI=1S/C30H40N10O3/c1-8-22(32-16-23(29(5,6)7)34-24(19(4)41)36-28-37-39-40-38-28)26(42)33-18(3)11-12-20-15-30(14-17(20)2)21-10-9-13-31-25(21)35-27(30)43/h9-13,16,18,22,32H,8,14-15H2,1-7H3,(H,33,42)(H,31,35,43)(H2,34,36,37,38,39,40)/b12-11-,23-16-. The number of nitrogens with zero attached hydrogens (tertiary/aromatic N) is 5. The summed E-state index contributed by atoms with van der Waals surface area (Å²) in [6.07, 6.45) is 9.11. The Morgan fingerprint density at radius 1 is 1.26 bits per heavy atom. The fourth-order valence-electron chi connectivity index (χ4n) is 5.16. The number of pyridine rings is 1. The Kier molecular flexibility index (Phi) is 9.22. The van der Waals surface area contributed by atoms with Gasteiger partial charge in [-0.1, -0.05) is 56.6 Å². The van der Waals surface area contributed by atoms with E-state index in [-0.39, 0.29) is 35.4 Å². The van der Waals surface area contributed by atoms with Crippen LogP contribution < -0.4 is 21.3 Å². The molecule has 1 spiro atoms. The number of allylic oxidation sites excluding steroid dienone is 4. The maximum atomic E-state index is 13.2. The van der Waals surface area contributed by atoms with E-state index in [1.54, 1.807) is 12.4 Å².